The first-order valence-corrected chi connectivity index (χ1v) is 9.13. The molecule has 0 saturated carbocycles. The van der Waals surface area contributed by atoms with Gasteiger partial charge in [-0.1, -0.05) is 13.0 Å². The molecule has 118 valence electrons. The second-order valence-corrected chi connectivity index (χ2v) is 6.99. The van der Waals surface area contributed by atoms with Crippen LogP contribution in [0.4, 0.5) is 4.79 Å². The number of carbonyl (C=O) groups excluding carboxylic acids is 1. The van der Waals surface area contributed by atoms with Gasteiger partial charge in [-0.3, -0.25) is 0 Å². The van der Waals surface area contributed by atoms with Crippen LogP contribution >= 0.6 is 22.7 Å². The smallest absolute Gasteiger partial charge is 0.317 e. The van der Waals surface area contributed by atoms with Crippen molar-refractivity contribution in [2.75, 3.05) is 19.7 Å². The molecule has 0 spiro atoms. The first kappa shape index (κ1) is 15.5. The molecular formula is C15H19N3O2S2. The van der Waals surface area contributed by atoms with Crippen molar-refractivity contribution >= 4 is 28.7 Å². The maximum Gasteiger partial charge on any atom is 0.317 e. The zero-order valence-corrected chi connectivity index (χ0v) is 14.1. The third-order valence-corrected chi connectivity index (χ3v) is 5.54. The lowest BCUT2D eigenvalue weighted by atomic mass is 10.2. The Morgan fingerprint density at radius 3 is 3.18 bits per heavy atom. The summed E-state index contributed by atoms with van der Waals surface area (Å²) in [5.74, 6) is 0. The Balaban J connectivity index is 1.53. The highest BCUT2D eigenvalue weighted by molar-refractivity contribution is 7.10. The van der Waals surface area contributed by atoms with Gasteiger partial charge in [0.15, 0.2) is 0 Å². The van der Waals surface area contributed by atoms with Crippen molar-refractivity contribution in [1.29, 1.82) is 0 Å². The molecule has 2 amide bonds. The molecule has 1 unspecified atom stereocenters. The third kappa shape index (κ3) is 3.66. The summed E-state index contributed by atoms with van der Waals surface area (Å²) in [7, 11) is 0. The molecule has 2 aromatic heterocycles. The molecular weight excluding hydrogens is 318 g/mol. The summed E-state index contributed by atoms with van der Waals surface area (Å²) < 4.78 is 5.76. The topological polar surface area (TPSA) is 54.5 Å². The number of rotatable bonds is 4. The SMILES string of the molecule is CCc1nc(CNC(=O)N2CCOC(c3cccs3)C2)cs1. The molecule has 1 N–H and O–H groups in total. The number of nitrogens with zero attached hydrogens (tertiary/aromatic N) is 2. The first-order chi connectivity index (χ1) is 10.8. The predicted molar refractivity (Wildman–Crippen MR) is 88.3 cm³/mol. The van der Waals surface area contributed by atoms with Crippen LogP contribution in [0.1, 0.15) is 28.6 Å². The molecule has 0 aliphatic carbocycles. The number of morpholine rings is 1. The van der Waals surface area contributed by atoms with Crippen molar-refractivity contribution in [3.8, 4) is 0 Å². The quantitative estimate of drug-likeness (QED) is 0.933. The van der Waals surface area contributed by atoms with E-state index in [2.05, 4.69) is 23.3 Å². The maximum absolute atomic E-state index is 12.3. The molecule has 3 rings (SSSR count). The van der Waals surface area contributed by atoms with Gasteiger partial charge in [0.25, 0.3) is 0 Å². The first-order valence-electron chi connectivity index (χ1n) is 7.37. The minimum atomic E-state index is -0.0455. The molecule has 1 fully saturated rings. The largest absolute Gasteiger partial charge is 0.369 e. The van der Waals surface area contributed by atoms with Gasteiger partial charge in [0.05, 0.1) is 30.4 Å². The number of thiophene rings is 1. The van der Waals surface area contributed by atoms with Crippen LogP contribution in [0.25, 0.3) is 0 Å². The van der Waals surface area contributed by atoms with Gasteiger partial charge >= 0.3 is 6.03 Å². The minimum absolute atomic E-state index is 0.00883. The molecule has 0 radical (unpaired) electrons. The van der Waals surface area contributed by atoms with E-state index < -0.39 is 0 Å². The summed E-state index contributed by atoms with van der Waals surface area (Å²) in [5, 5.41) is 8.10. The Kier molecular flexibility index (Phi) is 5.07. The van der Waals surface area contributed by atoms with Gasteiger partial charge in [-0.2, -0.15) is 0 Å². The van der Waals surface area contributed by atoms with Crippen molar-refractivity contribution in [2.45, 2.75) is 26.0 Å². The minimum Gasteiger partial charge on any atom is -0.369 e. The molecule has 7 heteroatoms. The molecule has 2 aromatic rings. The Bertz CT molecular complexity index is 612. The molecule has 22 heavy (non-hydrogen) atoms. The van der Waals surface area contributed by atoms with Crippen molar-refractivity contribution in [1.82, 2.24) is 15.2 Å². The summed E-state index contributed by atoms with van der Waals surface area (Å²) in [6.45, 7) is 4.37. The van der Waals surface area contributed by atoms with Crippen molar-refractivity contribution in [3.63, 3.8) is 0 Å². The van der Waals surface area contributed by atoms with Gasteiger partial charge in [0.2, 0.25) is 0 Å². The molecule has 1 aliphatic rings. The van der Waals surface area contributed by atoms with Crippen LogP contribution in [0.5, 0.6) is 0 Å². The van der Waals surface area contributed by atoms with E-state index in [1.54, 1.807) is 22.7 Å². The molecule has 1 atom stereocenters. The maximum atomic E-state index is 12.3. The highest BCUT2D eigenvalue weighted by Crippen LogP contribution is 2.26. The second-order valence-electron chi connectivity index (χ2n) is 5.07. The molecule has 1 saturated heterocycles. The summed E-state index contributed by atoms with van der Waals surface area (Å²) in [4.78, 5) is 19.8. The van der Waals surface area contributed by atoms with Crippen molar-refractivity contribution in [2.24, 2.45) is 0 Å². The summed E-state index contributed by atoms with van der Waals surface area (Å²) in [6, 6.07) is 4.02. The highest BCUT2D eigenvalue weighted by Gasteiger charge is 2.25. The van der Waals surface area contributed by atoms with E-state index in [1.807, 2.05) is 21.7 Å². The Hall–Kier alpha value is -1.44. The fraction of sp³-hybridized carbons (Fsp3) is 0.467. The number of aryl methyl sites for hydroxylation is 1. The number of hydrogen-bond acceptors (Lipinski definition) is 5. The van der Waals surface area contributed by atoms with Gasteiger partial charge in [-0.25, -0.2) is 9.78 Å². The monoisotopic (exact) mass is 337 g/mol. The fourth-order valence-electron chi connectivity index (χ4n) is 2.35. The van der Waals surface area contributed by atoms with Gasteiger partial charge in [-0.15, -0.1) is 22.7 Å². The van der Waals surface area contributed by atoms with Crippen LogP contribution < -0.4 is 5.32 Å². The van der Waals surface area contributed by atoms with Crippen LogP contribution in [0.15, 0.2) is 22.9 Å². The van der Waals surface area contributed by atoms with E-state index in [0.29, 0.717) is 26.2 Å². The van der Waals surface area contributed by atoms with Crippen LogP contribution in [0.2, 0.25) is 0 Å². The van der Waals surface area contributed by atoms with E-state index >= 15 is 0 Å². The Morgan fingerprint density at radius 1 is 1.55 bits per heavy atom. The van der Waals surface area contributed by atoms with Crippen molar-refractivity contribution < 1.29 is 9.53 Å². The fourth-order valence-corrected chi connectivity index (χ4v) is 3.86. The number of amides is 2. The molecule has 0 bridgehead atoms. The summed E-state index contributed by atoms with van der Waals surface area (Å²) >= 11 is 3.31. The standard InChI is InChI=1S/C15H19N3O2S2/c1-2-14-17-11(10-22-14)8-16-15(19)18-5-6-20-12(9-18)13-4-3-7-21-13/h3-4,7,10,12H,2,5-6,8-9H2,1H3,(H,16,19). The lowest BCUT2D eigenvalue weighted by molar-refractivity contribution is -0.0136. The molecule has 3 heterocycles. The van der Waals surface area contributed by atoms with Crippen LogP contribution in [-0.4, -0.2) is 35.6 Å². The highest BCUT2D eigenvalue weighted by atomic mass is 32.1. The predicted octanol–water partition coefficient (Wildman–Crippen LogP) is 3.05. The number of ether oxygens (including phenoxy) is 1. The normalized spacial score (nSPS) is 18.4. The van der Waals surface area contributed by atoms with E-state index in [9.17, 15) is 4.79 Å². The van der Waals surface area contributed by atoms with Gasteiger partial charge < -0.3 is 15.0 Å². The average molecular weight is 337 g/mol. The average Bonchev–Trinajstić information content (AvgIpc) is 3.24. The lowest BCUT2D eigenvalue weighted by Crippen LogP contribution is -2.46. The second kappa shape index (κ2) is 7.21. The van der Waals surface area contributed by atoms with Gasteiger partial charge in [-0.05, 0) is 17.9 Å². The van der Waals surface area contributed by atoms with Crippen LogP contribution in [0.3, 0.4) is 0 Å². The number of nitrogens with one attached hydrogen (secondary N) is 1. The number of hydrogen-bond donors (Lipinski definition) is 1. The number of carbonyl (C=O) groups is 1. The van der Waals surface area contributed by atoms with Crippen LogP contribution in [0, 0.1) is 0 Å². The third-order valence-electron chi connectivity index (χ3n) is 3.54. The Labute approximate surface area is 137 Å². The number of aromatic nitrogens is 1. The van der Waals surface area contributed by atoms with E-state index in [4.69, 9.17) is 4.74 Å². The van der Waals surface area contributed by atoms with E-state index in [-0.39, 0.29) is 12.1 Å². The zero-order chi connectivity index (χ0) is 15.4. The van der Waals surface area contributed by atoms with Gasteiger partial charge in [0.1, 0.15) is 6.10 Å². The van der Waals surface area contributed by atoms with Gasteiger partial charge in [0, 0.05) is 16.8 Å². The number of urea groups is 1. The zero-order valence-electron chi connectivity index (χ0n) is 12.4. The van der Waals surface area contributed by atoms with Crippen LogP contribution in [-0.2, 0) is 17.7 Å². The Morgan fingerprint density at radius 2 is 2.45 bits per heavy atom. The lowest BCUT2D eigenvalue weighted by Gasteiger charge is -2.32. The van der Waals surface area contributed by atoms with E-state index in [1.165, 1.54) is 4.88 Å². The number of thiazole rings is 1. The summed E-state index contributed by atoms with van der Waals surface area (Å²) in [6.07, 6.45) is 0.926. The van der Waals surface area contributed by atoms with Crippen molar-refractivity contribution in [3.05, 3.63) is 38.5 Å². The van der Waals surface area contributed by atoms with E-state index in [0.717, 1.165) is 17.1 Å². The molecule has 5 nitrogen and oxygen atoms in total. The molecule has 0 aromatic carbocycles. The summed E-state index contributed by atoms with van der Waals surface area (Å²) in [5.41, 5.74) is 0.929. The molecule has 1 aliphatic heterocycles.